The minimum Gasteiger partial charge on any atom is -0.395 e. The summed E-state index contributed by atoms with van der Waals surface area (Å²) < 4.78 is 0. The first-order chi connectivity index (χ1) is 4.68. The molecule has 1 amide bonds. The smallest absolute Gasteiger partial charge is 0.216 e. The number of hydrogen-bond donors (Lipinski definition) is 2. The maximum Gasteiger partial charge on any atom is 0.216 e. The summed E-state index contributed by atoms with van der Waals surface area (Å²) in [5.41, 5.74) is 0. The molecule has 0 aromatic rings. The zero-order valence-electron chi connectivity index (χ0n) is 7.26. The van der Waals surface area contributed by atoms with Gasteiger partial charge in [0.05, 0.1) is 6.61 Å². The van der Waals surface area contributed by atoms with Crippen LogP contribution >= 0.6 is 0 Å². The van der Waals surface area contributed by atoms with Crippen LogP contribution < -0.4 is 5.32 Å². The fraction of sp³-hybridized carbons (Fsp3) is 0.714. The molecule has 0 aliphatic carbocycles. The van der Waals surface area contributed by atoms with E-state index in [0.717, 1.165) is 0 Å². The second-order valence-electron chi connectivity index (χ2n) is 1.78. The predicted molar refractivity (Wildman–Crippen MR) is 41.4 cm³/mol. The van der Waals surface area contributed by atoms with Crippen LogP contribution in [0, 0.1) is 6.42 Å². The Morgan fingerprint density at radius 3 is 2.00 bits per heavy atom. The molecule has 0 aliphatic heterocycles. The monoisotopic (exact) mass is 330 g/mol. The second-order valence-corrected chi connectivity index (χ2v) is 1.78. The van der Waals surface area contributed by atoms with Gasteiger partial charge in [-0.05, 0) is 0 Å². The maximum absolute atomic E-state index is 9.98. The molecule has 0 heterocycles. The van der Waals surface area contributed by atoms with Crippen molar-refractivity contribution in [2.24, 2.45) is 0 Å². The Balaban J connectivity index is -0.000000140. The number of carbonyl (C=O) groups excluding carboxylic acids is 1. The van der Waals surface area contributed by atoms with Gasteiger partial charge >= 0.3 is 0 Å². The van der Waals surface area contributed by atoms with Crippen molar-refractivity contribution in [2.75, 3.05) is 13.2 Å². The Hall–Kier alpha value is 0.118. The van der Waals surface area contributed by atoms with E-state index in [1.807, 2.05) is 20.3 Å². The van der Waals surface area contributed by atoms with Crippen molar-refractivity contribution < 1.29 is 31.0 Å². The molecule has 0 saturated carbocycles. The molecular weight excluding hydrogens is 314 g/mol. The van der Waals surface area contributed by atoms with E-state index in [2.05, 4.69) is 5.32 Å². The summed E-state index contributed by atoms with van der Waals surface area (Å²) in [6.07, 6.45) is 2.00. The largest absolute Gasteiger partial charge is 0.395 e. The van der Waals surface area contributed by atoms with Crippen molar-refractivity contribution in [1.29, 1.82) is 0 Å². The molecule has 2 N–H and O–H groups in total. The van der Waals surface area contributed by atoms with Crippen molar-refractivity contribution in [3.05, 3.63) is 6.42 Å². The Morgan fingerprint density at radius 1 is 1.55 bits per heavy atom. The molecule has 68 valence electrons. The average Bonchev–Trinajstić information content (AvgIpc) is 1.85. The van der Waals surface area contributed by atoms with Crippen LogP contribution in [-0.4, -0.2) is 24.2 Å². The van der Waals surface area contributed by atoms with Gasteiger partial charge in [0.2, 0.25) is 5.91 Å². The van der Waals surface area contributed by atoms with E-state index in [9.17, 15) is 4.79 Å². The molecule has 11 heavy (non-hydrogen) atoms. The van der Waals surface area contributed by atoms with Crippen LogP contribution in [0.5, 0.6) is 0 Å². The van der Waals surface area contributed by atoms with Crippen molar-refractivity contribution in [3.63, 3.8) is 0 Å². The molecule has 0 fully saturated rings. The number of carbonyl (C=O) groups is 1. The standard InChI is InChI=1S/C4H9NO2.C3H7.W/c1-4(7)5-2-3-6;1-3-2;/h6H,2-3H2,1H3,(H,5,7);3H,1-2H3;/q;-1;. The third kappa shape index (κ3) is 39.3. The SMILES string of the molecule is CC(=O)NCCO.C[CH-]C.[W]. The fourth-order valence-electron chi connectivity index (χ4n) is 0.232. The predicted octanol–water partition coefficient (Wildman–Crippen LogP) is 0.343. The summed E-state index contributed by atoms with van der Waals surface area (Å²) in [5, 5.41) is 10.5. The molecule has 0 rings (SSSR count). The molecule has 0 saturated heterocycles. The van der Waals surface area contributed by atoms with E-state index in [4.69, 9.17) is 5.11 Å². The van der Waals surface area contributed by atoms with Gasteiger partial charge in [-0.25, -0.2) is 0 Å². The maximum atomic E-state index is 9.98. The molecule has 3 nitrogen and oxygen atoms in total. The van der Waals surface area contributed by atoms with Crippen molar-refractivity contribution in [1.82, 2.24) is 5.32 Å². The number of rotatable bonds is 2. The Kier molecular flexibility index (Phi) is 26.1. The molecule has 0 bridgehead atoms. The quantitative estimate of drug-likeness (QED) is 0.718. The van der Waals surface area contributed by atoms with Crippen molar-refractivity contribution >= 4 is 5.91 Å². The van der Waals surface area contributed by atoms with E-state index in [1.54, 1.807) is 0 Å². The number of amides is 1. The van der Waals surface area contributed by atoms with Gasteiger partial charge in [-0.2, -0.15) is 13.8 Å². The Bertz CT molecular complexity index is 78.8. The van der Waals surface area contributed by atoms with Gasteiger partial charge in [-0.3, -0.25) is 4.79 Å². The number of aliphatic hydroxyl groups is 1. The summed E-state index contributed by atoms with van der Waals surface area (Å²) in [7, 11) is 0. The van der Waals surface area contributed by atoms with Crippen LogP contribution in [0.2, 0.25) is 0 Å². The van der Waals surface area contributed by atoms with E-state index in [-0.39, 0.29) is 33.6 Å². The van der Waals surface area contributed by atoms with E-state index >= 15 is 0 Å². The molecule has 0 aliphatic rings. The average molecular weight is 330 g/mol. The third-order valence-corrected chi connectivity index (χ3v) is 0.486. The Labute approximate surface area is 82.8 Å². The summed E-state index contributed by atoms with van der Waals surface area (Å²) in [4.78, 5) is 9.98. The van der Waals surface area contributed by atoms with Gasteiger partial charge in [0.25, 0.3) is 0 Å². The van der Waals surface area contributed by atoms with E-state index in [0.29, 0.717) is 6.54 Å². The topological polar surface area (TPSA) is 49.3 Å². The van der Waals surface area contributed by atoms with Gasteiger partial charge in [-0.15, -0.1) is 0 Å². The van der Waals surface area contributed by atoms with Crippen LogP contribution in [0.25, 0.3) is 0 Å². The normalized spacial score (nSPS) is 6.91. The molecule has 4 heteroatoms. The molecular formula is C7H16NO2W-. The van der Waals surface area contributed by atoms with Gasteiger partial charge in [-0.1, -0.05) is 0 Å². The van der Waals surface area contributed by atoms with Gasteiger partial charge < -0.3 is 16.8 Å². The van der Waals surface area contributed by atoms with E-state index < -0.39 is 0 Å². The summed E-state index contributed by atoms with van der Waals surface area (Å²) >= 11 is 0. The van der Waals surface area contributed by atoms with Crippen molar-refractivity contribution in [3.8, 4) is 0 Å². The first-order valence-corrected chi connectivity index (χ1v) is 3.28. The third-order valence-electron chi connectivity index (χ3n) is 0.486. The van der Waals surface area contributed by atoms with Crippen LogP contribution in [-0.2, 0) is 25.9 Å². The first-order valence-electron chi connectivity index (χ1n) is 3.28. The summed E-state index contributed by atoms with van der Waals surface area (Å²) in [5.74, 6) is -0.103. The number of aliphatic hydroxyl groups excluding tert-OH is 1. The Morgan fingerprint density at radius 2 is 1.91 bits per heavy atom. The number of nitrogens with one attached hydrogen (secondary N) is 1. The fourth-order valence-corrected chi connectivity index (χ4v) is 0.232. The van der Waals surface area contributed by atoms with Crippen LogP contribution in [0.15, 0.2) is 0 Å². The molecule has 0 spiro atoms. The molecule has 0 atom stereocenters. The van der Waals surface area contributed by atoms with Crippen molar-refractivity contribution in [2.45, 2.75) is 20.8 Å². The summed E-state index contributed by atoms with van der Waals surface area (Å²) in [6, 6.07) is 0. The zero-order chi connectivity index (χ0) is 8.41. The summed E-state index contributed by atoms with van der Waals surface area (Å²) in [6.45, 7) is 5.78. The van der Waals surface area contributed by atoms with Crippen LogP contribution in [0.4, 0.5) is 0 Å². The second kappa shape index (κ2) is 16.6. The van der Waals surface area contributed by atoms with Crippen LogP contribution in [0.1, 0.15) is 20.8 Å². The number of hydrogen-bond acceptors (Lipinski definition) is 2. The zero-order valence-corrected chi connectivity index (χ0v) is 10.2. The first kappa shape index (κ1) is 17.3. The van der Waals surface area contributed by atoms with E-state index in [1.165, 1.54) is 6.92 Å². The van der Waals surface area contributed by atoms with Crippen LogP contribution in [0.3, 0.4) is 0 Å². The van der Waals surface area contributed by atoms with Gasteiger partial charge in [0.1, 0.15) is 0 Å². The van der Waals surface area contributed by atoms with Gasteiger partial charge in [0, 0.05) is 34.5 Å². The molecule has 0 unspecified atom stereocenters. The molecule has 0 radical (unpaired) electrons. The minimum absolute atomic E-state index is 0. The minimum atomic E-state index is -0.103. The van der Waals surface area contributed by atoms with Gasteiger partial charge in [0.15, 0.2) is 0 Å². The molecule has 0 aromatic carbocycles. The molecule has 0 aromatic heterocycles.